The number of benzene rings is 3. The second-order valence-corrected chi connectivity index (χ2v) is 8.03. The zero-order chi connectivity index (χ0) is 20.8. The summed E-state index contributed by atoms with van der Waals surface area (Å²) in [6.45, 7) is 2.03. The molecule has 3 aromatic rings. The van der Waals surface area contributed by atoms with Crippen LogP contribution < -0.4 is 10.4 Å². The van der Waals surface area contributed by atoms with E-state index in [4.69, 9.17) is 0 Å². The second kappa shape index (κ2) is 9.59. The summed E-state index contributed by atoms with van der Waals surface area (Å²) in [5.74, 6) is -0.240. The van der Waals surface area contributed by atoms with E-state index in [1.54, 1.807) is 0 Å². The van der Waals surface area contributed by atoms with Crippen LogP contribution in [-0.4, -0.2) is 24.2 Å². The number of carbonyl (C=O) groups excluding carboxylic acids is 1. The molecule has 1 aliphatic heterocycles. The average Bonchev–Trinajstić information content (AvgIpc) is 2.81. The molecule has 0 spiro atoms. The van der Waals surface area contributed by atoms with Gasteiger partial charge in [0.05, 0.1) is 5.92 Å². The fourth-order valence-electron chi connectivity index (χ4n) is 4.45. The van der Waals surface area contributed by atoms with E-state index in [1.807, 2.05) is 47.9 Å². The van der Waals surface area contributed by atoms with Crippen molar-refractivity contribution in [1.82, 2.24) is 5.48 Å². The topological polar surface area (TPSA) is 52.6 Å². The molecule has 1 saturated heterocycles. The molecule has 1 unspecified atom stereocenters. The van der Waals surface area contributed by atoms with Crippen LogP contribution in [0.25, 0.3) is 0 Å². The molecule has 0 saturated carbocycles. The van der Waals surface area contributed by atoms with Crippen LogP contribution in [0.2, 0.25) is 0 Å². The van der Waals surface area contributed by atoms with Crippen LogP contribution in [0.5, 0.6) is 0 Å². The molecule has 154 valence electrons. The summed E-state index contributed by atoms with van der Waals surface area (Å²) in [5, 5.41) is 9.29. The van der Waals surface area contributed by atoms with Gasteiger partial charge in [0.2, 0.25) is 0 Å². The van der Waals surface area contributed by atoms with E-state index in [0.29, 0.717) is 5.92 Å². The molecule has 1 amide bonds. The minimum atomic E-state index is -0.535. The van der Waals surface area contributed by atoms with Crippen molar-refractivity contribution in [2.24, 2.45) is 5.92 Å². The summed E-state index contributed by atoms with van der Waals surface area (Å²) in [6.07, 6.45) is 3.47. The van der Waals surface area contributed by atoms with Crippen molar-refractivity contribution >= 4 is 11.6 Å². The average molecular weight is 401 g/mol. The Balaban J connectivity index is 1.47. The highest BCUT2D eigenvalue weighted by Crippen LogP contribution is 2.30. The van der Waals surface area contributed by atoms with Crippen molar-refractivity contribution in [1.29, 1.82) is 0 Å². The maximum absolute atomic E-state index is 12.4. The van der Waals surface area contributed by atoms with Crippen molar-refractivity contribution in [3.63, 3.8) is 0 Å². The van der Waals surface area contributed by atoms with E-state index in [1.165, 1.54) is 18.4 Å². The maximum Gasteiger partial charge on any atom is 0.255 e. The summed E-state index contributed by atoms with van der Waals surface area (Å²) in [7, 11) is 0. The van der Waals surface area contributed by atoms with Crippen molar-refractivity contribution in [3.05, 3.63) is 102 Å². The molecule has 30 heavy (non-hydrogen) atoms. The fourth-order valence-corrected chi connectivity index (χ4v) is 4.45. The Morgan fingerprint density at radius 2 is 1.53 bits per heavy atom. The molecule has 2 N–H and O–H groups in total. The summed E-state index contributed by atoms with van der Waals surface area (Å²) in [4.78, 5) is 14.8. The first-order valence-electron chi connectivity index (χ1n) is 10.6. The van der Waals surface area contributed by atoms with Crippen molar-refractivity contribution in [3.8, 4) is 0 Å². The van der Waals surface area contributed by atoms with Crippen LogP contribution >= 0.6 is 0 Å². The molecule has 3 aromatic carbocycles. The largest absolute Gasteiger partial charge is 0.372 e. The lowest BCUT2D eigenvalue weighted by atomic mass is 9.88. The molecular formula is C26H28N2O2. The molecule has 0 radical (unpaired) electrons. The van der Waals surface area contributed by atoms with Gasteiger partial charge in [-0.25, -0.2) is 5.48 Å². The number of nitrogens with one attached hydrogen (secondary N) is 1. The molecule has 0 aromatic heterocycles. The molecule has 1 atom stereocenters. The standard InChI is InChI=1S/C26H28N2O2/c29-26(27-30)25(22-10-5-2-6-11-22)23-12-7-13-24(19-23)28-16-14-21(15-17-28)18-20-8-3-1-4-9-20/h1-13,19,21,25,30H,14-18H2,(H,27,29). The number of hydrogen-bond acceptors (Lipinski definition) is 3. The Kier molecular flexibility index (Phi) is 6.45. The summed E-state index contributed by atoms with van der Waals surface area (Å²) in [6, 6.07) is 28.5. The van der Waals surface area contributed by atoms with Crippen LogP contribution in [0, 0.1) is 5.92 Å². The van der Waals surface area contributed by atoms with E-state index in [-0.39, 0.29) is 0 Å². The number of anilines is 1. The van der Waals surface area contributed by atoms with Gasteiger partial charge in [-0.05, 0) is 54.0 Å². The first-order chi connectivity index (χ1) is 14.7. The van der Waals surface area contributed by atoms with Crippen molar-refractivity contribution in [2.75, 3.05) is 18.0 Å². The number of amides is 1. The molecule has 4 heteroatoms. The number of hydrogen-bond donors (Lipinski definition) is 2. The van der Waals surface area contributed by atoms with Crippen LogP contribution in [-0.2, 0) is 11.2 Å². The maximum atomic E-state index is 12.4. The normalized spacial score (nSPS) is 15.6. The summed E-state index contributed by atoms with van der Waals surface area (Å²) in [5.41, 5.74) is 6.14. The van der Waals surface area contributed by atoms with E-state index in [9.17, 15) is 10.0 Å². The highest BCUT2D eigenvalue weighted by molar-refractivity contribution is 5.86. The zero-order valence-corrected chi connectivity index (χ0v) is 17.1. The Bertz CT molecular complexity index is 951. The van der Waals surface area contributed by atoms with Crippen molar-refractivity contribution in [2.45, 2.75) is 25.2 Å². The van der Waals surface area contributed by atoms with Gasteiger partial charge < -0.3 is 4.90 Å². The molecule has 1 fully saturated rings. The Hall–Kier alpha value is -3.11. The van der Waals surface area contributed by atoms with Gasteiger partial charge in [0.25, 0.3) is 5.91 Å². The minimum Gasteiger partial charge on any atom is -0.372 e. The molecule has 4 nitrogen and oxygen atoms in total. The quantitative estimate of drug-likeness (QED) is 0.462. The number of piperidine rings is 1. The highest BCUT2D eigenvalue weighted by Gasteiger charge is 2.24. The first kappa shape index (κ1) is 20.2. The third-order valence-corrected chi connectivity index (χ3v) is 6.06. The molecule has 4 rings (SSSR count). The second-order valence-electron chi connectivity index (χ2n) is 8.03. The molecule has 1 heterocycles. The fraction of sp³-hybridized carbons (Fsp3) is 0.269. The highest BCUT2D eigenvalue weighted by atomic mass is 16.5. The van der Waals surface area contributed by atoms with Gasteiger partial charge in [-0.2, -0.15) is 0 Å². The van der Waals surface area contributed by atoms with Gasteiger partial charge in [0, 0.05) is 18.8 Å². The summed E-state index contributed by atoms with van der Waals surface area (Å²) < 4.78 is 0. The van der Waals surface area contributed by atoms with Gasteiger partial charge in [-0.3, -0.25) is 10.0 Å². The molecule has 1 aliphatic rings. The van der Waals surface area contributed by atoms with E-state index in [2.05, 4.69) is 47.4 Å². The minimum absolute atomic E-state index is 0.417. The van der Waals surface area contributed by atoms with Gasteiger partial charge >= 0.3 is 0 Å². The van der Waals surface area contributed by atoms with Gasteiger partial charge in [-0.15, -0.1) is 0 Å². The van der Waals surface area contributed by atoms with Crippen LogP contribution in [0.3, 0.4) is 0 Å². The number of rotatable bonds is 6. The van der Waals surface area contributed by atoms with Crippen LogP contribution in [0.1, 0.15) is 35.4 Å². The van der Waals surface area contributed by atoms with Gasteiger partial charge in [0.15, 0.2) is 0 Å². The smallest absolute Gasteiger partial charge is 0.255 e. The predicted molar refractivity (Wildman–Crippen MR) is 120 cm³/mol. The Morgan fingerprint density at radius 1 is 0.900 bits per heavy atom. The van der Waals surface area contributed by atoms with Gasteiger partial charge in [-0.1, -0.05) is 72.8 Å². The van der Waals surface area contributed by atoms with E-state index in [0.717, 1.165) is 36.3 Å². The Labute approximate surface area is 178 Å². The first-order valence-corrected chi connectivity index (χ1v) is 10.6. The Morgan fingerprint density at radius 3 is 2.20 bits per heavy atom. The zero-order valence-electron chi connectivity index (χ0n) is 17.1. The van der Waals surface area contributed by atoms with E-state index < -0.39 is 11.8 Å². The van der Waals surface area contributed by atoms with Crippen LogP contribution in [0.4, 0.5) is 5.69 Å². The molecule has 0 aliphatic carbocycles. The number of hydroxylamine groups is 1. The lowest BCUT2D eigenvalue weighted by molar-refractivity contribution is -0.129. The number of carbonyl (C=O) groups is 1. The van der Waals surface area contributed by atoms with E-state index >= 15 is 0 Å². The monoisotopic (exact) mass is 400 g/mol. The number of nitrogens with zero attached hydrogens (tertiary/aromatic N) is 1. The lowest BCUT2D eigenvalue weighted by Crippen LogP contribution is -2.34. The third-order valence-electron chi connectivity index (χ3n) is 6.06. The van der Waals surface area contributed by atoms with Gasteiger partial charge in [0.1, 0.15) is 0 Å². The third kappa shape index (κ3) is 4.71. The molecule has 0 bridgehead atoms. The molecular weight excluding hydrogens is 372 g/mol. The lowest BCUT2D eigenvalue weighted by Gasteiger charge is -2.34. The summed E-state index contributed by atoms with van der Waals surface area (Å²) >= 11 is 0. The van der Waals surface area contributed by atoms with Crippen LogP contribution in [0.15, 0.2) is 84.9 Å². The van der Waals surface area contributed by atoms with Crippen molar-refractivity contribution < 1.29 is 10.0 Å². The SMILES string of the molecule is O=C(NO)C(c1ccccc1)c1cccc(N2CCC(Cc3ccccc3)CC2)c1. The predicted octanol–water partition coefficient (Wildman–Crippen LogP) is 4.78.